The van der Waals surface area contributed by atoms with Gasteiger partial charge in [0, 0.05) is 11.9 Å². The molecule has 1 aliphatic rings. The number of nitrogens with two attached hydrogens (primary N) is 1. The van der Waals surface area contributed by atoms with Crippen molar-refractivity contribution in [2.24, 2.45) is 5.73 Å². The maximum Gasteiger partial charge on any atom is 0.249 e. The molecule has 1 fully saturated rings. The van der Waals surface area contributed by atoms with E-state index in [1.807, 2.05) is 24.4 Å². The molecule has 0 aliphatic carbocycles. The summed E-state index contributed by atoms with van der Waals surface area (Å²) in [6.07, 6.45) is 1.15. The number of nitrogens with zero attached hydrogens (tertiary/aromatic N) is 1. The van der Waals surface area contributed by atoms with Crippen LogP contribution >= 0.6 is 11.3 Å². The summed E-state index contributed by atoms with van der Waals surface area (Å²) in [5.41, 5.74) is 6.37. The van der Waals surface area contributed by atoms with Crippen molar-refractivity contribution in [1.29, 1.82) is 0 Å². The van der Waals surface area contributed by atoms with Gasteiger partial charge in [-0.05, 0) is 31.9 Å². The van der Waals surface area contributed by atoms with Crippen molar-refractivity contribution in [2.75, 3.05) is 6.54 Å². The number of furan rings is 1. The van der Waals surface area contributed by atoms with Gasteiger partial charge in [0.2, 0.25) is 5.91 Å². The molecule has 3 heterocycles. The SMILES string of the molecule is Cc1nc(-c2ccc(CNC(=O)[C@@H]3CC[C@H](CN)O3)o2)cs1. The first kappa shape index (κ1) is 15.2. The van der Waals surface area contributed by atoms with E-state index in [4.69, 9.17) is 14.9 Å². The highest BCUT2D eigenvalue weighted by atomic mass is 32.1. The van der Waals surface area contributed by atoms with Crippen LogP contribution in [0.3, 0.4) is 0 Å². The van der Waals surface area contributed by atoms with E-state index in [1.165, 1.54) is 0 Å². The number of amides is 1. The van der Waals surface area contributed by atoms with Crippen LogP contribution in [0.1, 0.15) is 23.6 Å². The first-order valence-corrected chi connectivity index (χ1v) is 8.18. The molecule has 1 amide bonds. The summed E-state index contributed by atoms with van der Waals surface area (Å²) in [5.74, 6) is 1.30. The number of hydrogen-bond donors (Lipinski definition) is 2. The van der Waals surface area contributed by atoms with Crippen molar-refractivity contribution in [3.63, 3.8) is 0 Å². The van der Waals surface area contributed by atoms with Gasteiger partial charge in [0.1, 0.15) is 17.6 Å². The maximum atomic E-state index is 12.0. The lowest BCUT2D eigenvalue weighted by molar-refractivity contribution is -0.132. The van der Waals surface area contributed by atoms with Crippen molar-refractivity contribution in [3.05, 3.63) is 28.3 Å². The van der Waals surface area contributed by atoms with Crippen LogP contribution in [0.4, 0.5) is 0 Å². The molecule has 1 aliphatic heterocycles. The molecule has 2 aromatic heterocycles. The Labute approximate surface area is 132 Å². The molecule has 6 nitrogen and oxygen atoms in total. The van der Waals surface area contributed by atoms with Crippen LogP contribution in [0.5, 0.6) is 0 Å². The van der Waals surface area contributed by atoms with Gasteiger partial charge < -0.3 is 20.2 Å². The number of aryl methyl sites for hydroxylation is 1. The molecule has 3 rings (SSSR count). The molecular formula is C15H19N3O3S. The van der Waals surface area contributed by atoms with Gasteiger partial charge in [-0.15, -0.1) is 11.3 Å². The van der Waals surface area contributed by atoms with Crippen LogP contribution in [-0.2, 0) is 16.1 Å². The number of aromatic nitrogens is 1. The average molecular weight is 321 g/mol. The molecule has 2 aromatic rings. The van der Waals surface area contributed by atoms with Crippen molar-refractivity contribution >= 4 is 17.2 Å². The third kappa shape index (κ3) is 3.37. The minimum absolute atomic E-state index is 0.00105. The van der Waals surface area contributed by atoms with Crippen LogP contribution in [0.2, 0.25) is 0 Å². The Hall–Kier alpha value is -1.70. The first-order valence-electron chi connectivity index (χ1n) is 7.30. The fourth-order valence-corrected chi connectivity index (χ4v) is 3.05. The van der Waals surface area contributed by atoms with E-state index in [0.717, 1.165) is 23.5 Å². The zero-order valence-corrected chi connectivity index (χ0v) is 13.2. The molecule has 1 saturated heterocycles. The summed E-state index contributed by atoms with van der Waals surface area (Å²) in [6, 6.07) is 3.72. The monoisotopic (exact) mass is 321 g/mol. The number of rotatable bonds is 5. The van der Waals surface area contributed by atoms with Gasteiger partial charge in [0.25, 0.3) is 0 Å². The summed E-state index contributed by atoms with van der Waals surface area (Å²) < 4.78 is 11.3. The van der Waals surface area contributed by atoms with Gasteiger partial charge >= 0.3 is 0 Å². The van der Waals surface area contributed by atoms with Crippen LogP contribution < -0.4 is 11.1 Å². The van der Waals surface area contributed by atoms with E-state index in [-0.39, 0.29) is 12.0 Å². The van der Waals surface area contributed by atoms with Gasteiger partial charge in [-0.2, -0.15) is 0 Å². The predicted molar refractivity (Wildman–Crippen MR) is 83.3 cm³/mol. The lowest BCUT2D eigenvalue weighted by Gasteiger charge is -2.11. The summed E-state index contributed by atoms with van der Waals surface area (Å²) in [6.45, 7) is 2.75. The molecule has 3 N–H and O–H groups in total. The fraction of sp³-hybridized carbons (Fsp3) is 0.467. The third-order valence-corrected chi connectivity index (χ3v) is 4.41. The predicted octanol–water partition coefficient (Wildman–Crippen LogP) is 1.83. The largest absolute Gasteiger partial charge is 0.458 e. The van der Waals surface area contributed by atoms with Crippen LogP contribution in [0, 0.1) is 6.92 Å². The van der Waals surface area contributed by atoms with Gasteiger partial charge in [-0.3, -0.25) is 4.79 Å². The molecule has 0 aromatic carbocycles. The minimum Gasteiger partial charge on any atom is -0.458 e. The van der Waals surface area contributed by atoms with E-state index in [1.54, 1.807) is 11.3 Å². The third-order valence-electron chi connectivity index (χ3n) is 3.63. The molecule has 0 saturated carbocycles. The molecule has 2 atom stereocenters. The Bertz CT molecular complexity index is 652. The van der Waals surface area contributed by atoms with E-state index in [2.05, 4.69) is 10.3 Å². The molecule has 0 radical (unpaired) electrons. The fourth-order valence-electron chi connectivity index (χ4n) is 2.45. The Morgan fingerprint density at radius 3 is 3.05 bits per heavy atom. The standard InChI is InChI=1S/C15H19N3O3S/c1-9-18-12(8-22-9)13-4-3-11(21-13)7-17-15(19)14-5-2-10(6-16)20-14/h3-4,8,10,14H,2,5-7,16H2,1H3,(H,17,19)/t10-,14+/m1/s1. The molecule has 7 heteroatoms. The molecule has 22 heavy (non-hydrogen) atoms. The highest BCUT2D eigenvalue weighted by molar-refractivity contribution is 7.09. The summed E-state index contributed by atoms with van der Waals surface area (Å²) in [5, 5.41) is 5.79. The normalized spacial score (nSPS) is 21.2. The number of ether oxygens (including phenoxy) is 1. The summed E-state index contributed by atoms with van der Waals surface area (Å²) in [4.78, 5) is 16.4. The van der Waals surface area contributed by atoms with Crippen LogP contribution in [0.25, 0.3) is 11.5 Å². The maximum absolute atomic E-state index is 12.0. The van der Waals surface area contributed by atoms with Gasteiger partial charge in [-0.1, -0.05) is 0 Å². The van der Waals surface area contributed by atoms with Gasteiger partial charge in [0.15, 0.2) is 5.76 Å². The number of carbonyl (C=O) groups excluding carboxylic acids is 1. The van der Waals surface area contributed by atoms with Crippen molar-refractivity contribution in [2.45, 2.75) is 38.5 Å². The topological polar surface area (TPSA) is 90.4 Å². The number of hydrogen-bond acceptors (Lipinski definition) is 6. The zero-order chi connectivity index (χ0) is 15.5. The molecule has 0 bridgehead atoms. The number of nitrogens with one attached hydrogen (secondary N) is 1. The lowest BCUT2D eigenvalue weighted by atomic mass is 10.2. The molecule has 118 valence electrons. The lowest BCUT2D eigenvalue weighted by Crippen LogP contribution is -2.35. The molecular weight excluding hydrogens is 302 g/mol. The molecule has 0 unspecified atom stereocenters. The minimum atomic E-state index is -0.399. The number of carbonyl (C=O) groups is 1. The Balaban J connectivity index is 1.54. The smallest absolute Gasteiger partial charge is 0.249 e. The highest BCUT2D eigenvalue weighted by Gasteiger charge is 2.29. The summed E-state index contributed by atoms with van der Waals surface area (Å²) in [7, 11) is 0. The van der Waals surface area contributed by atoms with Crippen LogP contribution in [-0.4, -0.2) is 29.6 Å². The van der Waals surface area contributed by atoms with Crippen molar-refractivity contribution < 1.29 is 13.9 Å². The Morgan fingerprint density at radius 1 is 1.50 bits per heavy atom. The second-order valence-electron chi connectivity index (χ2n) is 5.30. The van der Waals surface area contributed by atoms with Crippen LogP contribution in [0.15, 0.2) is 21.9 Å². The quantitative estimate of drug-likeness (QED) is 0.877. The van der Waals surface area contributed by atoms with E-state index < -0.39 is 6.10 Å². The highest BCUT2D eigenvalue weighted by Crippen LogP contribution is 2.24. The summed E-state index contributed by atoms with van der Waals surface area (Å²) >= 11 is 1.58. The zero-order valence-electron chi connectivity index (χ0n) is 12.4. The second kappa shape index (κ2) is 6.60. The first-order chi connectivity index (χ1) is 10.7. The van der Waals surface area contributed by atoms with E-state index >= 15 is 0 Å². The Morgan fingerprint density at radius 2 is 2.36 bits per heavy atom. The molecule has 0 spiro atoms. The van der Waals surface area contributed by atoms with E-state index in [0.29, 0.717) is 24.6 Å². The van der Waals surface area contributed by atoms with Crippen molar-refractivity contribution in [1.82, 2.24) is 10.3 Å². The number of thiazole rings is 1. The van der Waals surface area contributed by atoms with E-state index in [9.17, 15) is 4.79 Å². The second-order valence-corrected chi connectivity index (χ2v) is 6.36. The van der Waals surface area contributed by atoms with Gasteiger partial charge in [0.05, 0.1) is 17.7 Å². The Kier molecular flexibility index (Phi) is 4.56. The average Bonchev–Trinajstić information content (AvgIpc) is 3.24. The van der Waals surface area contributed by atoms with Gasteiger partial charge in [-0.25, -0.2) is 4.98 Å². The van der Waals surface area contributed by atoms with Crippen molar-refractivity contribution in [3.8, 4) is 11.5 Å².